The van der Waals surface area contributed by atoms with Crippen LogP contribution in [0.4, 0.5) is 5.82 Å². The summed E-state index contributed by atoms with van der Waals surface area (Å²) < 4.78 is 2.24. The van der Waals surface area contributed by atoms with Crippen LogP contribution in [0.3, 0.4) is 0 Å². The van der Waals surface area contributed by atoms with E-state index in [0.717, 1.165) is 29.7 Å². The highest BCUT2D eigenvalue weighted by Gasteiger charge is 2.18. The summed E-state index contributed by atoms with van der Waals surface area (Å²) in [5.41, 5.74) is 6.72. The molecule has 150 valence electrons. The zero-order valence-electron chi connectivity index (χ0n) is 17.3. The van der Waals surface area contributed by atoms with Crippen LogP contribution in [0.1, 0.15) is 56.8 Å². The van der Waals surface area contributed by atoms with E-state index in [1.807, 2.05) is 0 Å². The molecule has 29 heavy (non-hydrogen) atoms. The molecule has 1 aliphatic carbocycles. The smallest absolute Gasteiger partial charge is 0.139 e. The van der Waals surface area contributed by atoms with E-state index in [1.54, 1.807) is 0 Å². The van der Waals surface area contributed by atoms with Gasteiger partial charge in [-0.1, -0.05) is 38.7 Å². The van der Waals surface area contributed by atoms with Gasteiger partial charge in [-0.15, -0.1) is 0 Å². The molecule has 3 aromatic heterocycles. The highest BCUT2D eigenvalue weighted by Crippen LogP contribution is 2.30. The molecule has 5 rings (SSSR count). The number of rotatable bonds is 5. The highest BCUT2D eigenvalue weighted by molar-refractivity contribution is 5.86. The molecule has 0 atom stereocenters. The second-order valence-electron chi connectivity index (χ2n) is 8.36. The number of aromatic nitrogens is 4. The largest absolute Gasteiger partial charge is 0.367 e. The van der Waals surface area contributed by atoms with Gasteiger partial charge in [0.25, 0.3) is 0 Å². The first kappa shape index (κ1) is 18.2. The molecular weight excluding hydrogens is 358 g/mol. The van der Waals surface area contributed by atoms with E-state index in [1.165, 1.54) is 60.1 Å². The maximum atomic E-state index is 5.01. The fourth-order valence-electron chi connectivity index (χ4n) is 4.59. The first-order chi connectivity index (χ1) is 14.2. The molecule has 0 amide bonds. The summed E-state index contributed by atoms with van der Waals surface area (Å²) in [6.07, 6.45) is 10.8. The second-order valence-corrected chi connectivity index (χ2v) is 8.36. The Morgan fingerprint density at radius 2 is 1.93 bits per heavy atom. The Labute approximate surface area is 171 Å². The zero-order valence-corrected chi connectivity index (χ0v) is 17.3. The number of benzene rings is 1. The number of hydrogen-bond donors (Lipinski definition) is 2. The van der Waals surface area contributed by atoms with E-state index in [-0.39, 0.29) is 0 Å². The monoisotopic (exact) mass is 387 g/mol. The van der Waals surface area contributed by atoms with E-state index in [2.05, 4.69) is 70.3 Å². The van der Waals surface area contributed by atoms with Crippen molar-refractivity contribution in [1.82, 2.24) is 19.6 Å². The van der Waals surface area contributed by atoms with Gasteiger partial charge in [-0.3, -0.25) is 9.50 Å². The SMILES string of the molecule is CCCc1nc2cc(-c3ccc4n[nH]c(C)c4c3)ccn2c1NC1CCCCC1. The van der Waals surface area contributed by atoms with Gasteiger partial charge in [0.2, 0.25) is 0 Å². The first-order valence-corrected chi connectivity index (χ1v) is 11.0. The molecule has 3 heterocycles. The van der Waals surface area contributed by atoms with Gasteiger partial charge in [-0.2, -0.15) is 5.10 Å². The molecule has 1 aromatic carbocycles. The van der Waals surface area contributed by atoms with E-state index < -0.39 is 0 Å². The minimum absolute atomic E-state index is 0.574. The zero-order chi connectivity index (χ0) is 19.8. The Balaban J connectivity index is 1.54. The van der Waals surface area contributed by atoms with Crippen LogP contribution in [-0.2, 0) is 6.42 Å². The van der Waals surface area contributed by atoms with Crippen molar-refractivity contribution in [3.8, 4) is 11.1 Å². The Kier molecular flexibility index (Phi) is 4.74. The Morgan fingerprint density at radius 1 is 1.10 bits per heavy atom. The molecule has 5 nitrogen and oxygen atoms in total. The third-order valence-corrected chi connectivity index (χ3v) is 6.21. The third-order valence-electron chi connectivity index (χ3n) is 6.21. The summed E-state index contributed by atoms with van der Waals surface area (Å²) in [6, 6.07) is 11.4. The molecule has 1 saturated carbocycles. The summed E-state index contributed by atoms with van der Waals surface area (Å²) in [5.74, 6) is 1.20. The molecule has 0 unspecified atom stereocenters. The number of anilines is 1. The molecule has 1 aliphatic rings. The van der Waals surface area contributed by atoms with Gasteiger partial charge in [0.1, 0.15) is 11.5 Å². The first-order valence-electron chi connectivity index (χ1n) is 11.0. The lowest BCUT2D eigenvalue weighted by atomic mass is 9.95. The van der Waals surface area contributed by atoms with Crippen LogP contribution in [0.5, 0.6) is 0 Å². The molecule has 0 aliphatic heterocycles. The van der Waals surface area contributed by atoms with Crippen LogP contribution in [0.2, 0.25) is 0 Å². The lowest BCUT2D eigenvalue weighted by Crippen LogP contribution is -2.23. The number of fused-ring (bicyclic) bond motifs is 2. The summed E-state index contributed by atoms with van der Waals surface area (Å²) >= 11 is 0. The van der Waals surface area contributed by atoms with Crippen LogP contribution in [0.25, 0.3) is 27.7 Å². The quantitative estimate of drug-likeness (QED) is 0.449. The van der Waals surface area contributed by atoms with Crippen molar-refractivity contribution in [2.24, 2.45) is 0 Å². The molecular formula is C24H29N5. The van der Waals surface area contributed by atoms with E-state index in [0.29, 0.717) is 6.04 Å². The average Bonchev–Trinajstić information content (AvgIpc) is 3.29. The number of hydrogen-bond acceptors (Lipinski definition) is 3. The third kappa shape index (κ3) is 3.39. The van der Waals surface area contributed by atoms with E-state index >= 15 is 0 Å². The summed E-state index contributed by atoms with van der Waals surface area (Å²) in [7, 11) is 0. The van der Waals surface area contributed by atoms with Crippen molar-refractivity contribution >= 4 is 22.4 Å². The number of aryl methyl sites for hydroxylation is 2. The predicted molar refractivity (Wildman–Crippen MR) is 120 cm³/mol. The topological polar surface area (TPSA) is 58.0 Å². The number of pyridine rings is 1. The maximum absolute atomic E-state index is 5.01. The summed E-state index contributed by atoms with van der Waals surface area (Å²) in [4.78, 5) is 5.01. The van der Waals surface area contributed by atoms with Crippen molar-refractivity contribution in [2.45, 2.75) is 64.8 Å². The molecule has 2 N–H and O–H groups in total. The lowest BCUT2D eigenvalue weighted by molar-refractivity contribution is 0.461. The highest BCUT2D eigenvalue weighted by atomic mass is 15.1. The Hall–Kier alpha value is -2.82. The molecule has 0 spiro atoms. The van der Waals surface area contributed by atoms with Crippen LogP contribution >= 0.6 is 0 Å². The van der Waals surface area contributed by atoms with E-state index in [4.69, 9.17) is 4.98 Å². The van der Waals surface area contributed by atoms with Gasteiger partial charge in [0, 0.05) is 23.3 Å². The Morgan fingerprint density at radius 3 is 2.76 bits per heavy atom. The van der Waals surface area contributed by atoms with Gasteiger partial charge >= 0.3 is 0 Å². The summed E-state index contributed by atoms with van der Waals surface area (Å²) in [6.45, 7) is 4.29. The van der Waals surface area contributed by atoms with Crippen LogP contribution in [-0.4, -0.2) is 25.6 Å². The van der Waals surface area contributed by atoms with Gasteiger partial charge in [-0.25, -0.2) is 4.98 Å². The number of nitrogens with zero attached hydrogens (tertiary/aromatic N) is 3. The standard InChI is InChI=1S/C24H29N5/c1-3-7-22-24(25-19-8-5-4-6-9-19)29-13-12-18(15-23(29)26-22)17-10-11-21-20(14-17)16(2)27-28-21/h10-15,19,25H,3-9H2,1-2H3,(H,27,28). The minimum atomic E-state index is 0.574. The predicted octanol–water partition coefficient (Wildman–Crippen LogP) is 5.88. The van der Waals surface area contributed by atoms with Crippen LogP contribution < -0.4 is 5.32 Å². The Bertz CT molecular complexity index is 1150. The van der Waals surface area contributed by atoms with Crippen molar-refractivity contribution < 1.29 is 0 Å². The summed E-state index contributed by atoms with van der Waals surface area (Å²) in [5, 5.41) is 12.4. The van der Waals surface area contributed by atoms with Gasteiger partial charge < -0.3 is 5.32 Å². The number of aromatic amines is 1. The minimum Gasteiger partial charge on any atom is -0.367 e. The van der Waals surface area contributed by atoms with Crippen LogP contribution in [0.15, 0.2) is 36.5 Å². The second kappa shape index (κ2) is 7.54. The number of H-pyrrole nitrogens is 1. The van der Waals surface area contributed by atoms with Gasteiger partial charge in [-0.05, 0) is 61.6 Å². The van der Waals surface area contributed by atoms with Crippen molar-refractivity contribution in [2.75, 3.05) is 5.32 Å². The van der Waals surface area contributed by atoms with E-state index in [9.17, 15) is 0 Å². The van der Waals surface area contributed by atoms with Crippen molar-refractivity contribution in [1.29, 1.82) is 0 Å². The normalized spacial score (nSPS) is 15.4. The number of nitrogens with one attached hydrogen (secondary N) is 2. The molecule has 0 radical (unpaired) electrons. The molecule has 4 aromatic rings. The van der Waals surface area contributed by atoms with Crippen LogP contribution in [0, 0.1) is 6.92 Å². The maximum Gasteiger partial charge on any atom is 0.139 e. The average molecular weight is 388 g/mol. The molecule has 5 heteroatoms. The molecule has 0 bridgehead atoms. The molecule has 1 fully saturated rings. The van der Waals surface area contributed by atoms with Gasteiger partial charge in [0.15, 0.2) is 0 Å². The van der Waals surface area contributed by atoms with Crippen molar-refractivity contribution in [3.05, 3.63) is 47.9 Å². The molecule has 0 saturated heterocycles. The fraction of sp³-hybridized carbons (Fsp3) is 0.417. The lowest BCUT2D eigenvalue weighted by Gasteiger charge is -2.24. The van der Waals surface area contributed by atoms with Crippen molar-refractivity contribution in [3.63, 3.8) is 0 Å². The fourth-order valence-corrected chi connectivity index (χ4v) is 4.59. The number of imidazole rings is 1. The van der Waals surface area contributed by atoms with Gasteiger partial charge in [0.05, 0.1) is 11.2 Å².